The number of methoxy groups -OCH3 is 1. The first-order chi connectivity index (χ1) is 12.9. The van der Waals surface area contributed by atoms with Gasteiger partial charge in [0, 0.05) is 29.4 Å². The first-order valence-corrected chi connectivity index (χ1v) is 9.32. The topological polar surface area (TPSA) is 68.2 Å². The summed E-state index contributed by atoms with van der Waals surface area (Å²) in [5.41, 5.74) is 2.70. The normalized spacial score (nSPS) is 10.6. The van der Waals surface area contributed by atoms with E-state index in [4.69, 9.17) is 27.9 Å². The molecule has 2 aromatic carbocycles. The summed E-state index contributed by atoms with van der Waals surface area (Å²) >= 11 is 15.4. The van der Waals surface area contributed by atoms with E-state index in [1.54, 1.807) is 42.3 Å². The molecule has 3 aromatic rings. The number of aryl methyl sites for hydroxylation is 1. The first-order valence-electron chi connectivity index (χ1n) is 7.77. The Bertz CT molecular complexity index is 988. The van der Waals surface area contributed by atoms with Crippen LogP contribution in [0.1, 0.15) is 0 Å². The monoisotopic (exact) mass is 468 g/mol. The maximum absolute atomic E-state index is 12.4. The summed E-state index contributed by atoms with van der Waals surface area (Å²) in [5, 5.41) is 10.5. The summed E-state index contributed by atoms with van der Waals surface area (Å²) in [5.74, 6) is 0.598. The highest BCUT2D eigenvalue weighted by Gasteiger charge is 2.13. The van der Waals surface area contributed by atoms with E-state index in [0.29, 0.717) is 27.2 Å². The first kappa shape index (κ1) is 19.5. The minimum absolute atomic E-state index is 0.350. The van der Waals surface area contributed by atoms with Crippen molar-refractivity contribution in [2.75, 3.05) is 17.7 Å². The fourth-order valence-corrected chi connectivity index (χ4v) is 3.57. The minimum Gasteiger partial charge on any atom is -0.497 e. The number of anilines is 2. The van der Waals surface area contributed by atoms with Crippen molar-refractivity contribution in [1.29, 1.82) is 0 Å². The molecule has 1 aromatic heterocycles. The van der Waals surface area contributed by atoms with Crippen LogP contribution in [0.2, 0.25) is 10.0 Å². The summed E-state index contributed by atoms with van der Waals surface area (Å²) in [6, 6.07) is 9.80. The predicted octanol–water partition coefficient (Wildman–Crippen LogP) is 5.81. The Morgan fingerprint density at radius 3 is 2.59 bits per heavy atom. The predicted molar refractivity (Wildman–Crippen MR) is 112 cm³/mol. The van der Waals surface area contributed by atoms with Crippen LogP contribution >= 0.6 is 39.1 Å². The largest absolute Gasteiger partial charge is 0.497 e. The van der Waals surface area contributed by atoms with Gasteiger partial charge in [-0.2, -0.15) is 5.10 Å². The molecule has 3 rings (SSSR count). The number of nitrogens with one attached hydrogen (secondary N) is 2. The van der Waals surface area contributed by atoms with Gasteiger partial charge < -0.3 is 15.4 Å². The highest BCUT2D eigenvalue weighted by atomic mass is 79.9. The van der Waals surface area contributed by atoms with Crippen molar-refractivity contribution >= 4 is 56.5 Å². The van der Waals surface area contributed by atoms with Crippen molar-refractivity contribution < 1.29 is 9.53 Å². The van der Waals surface area contributed by atoms with Gasteiger partial charge in [0.2, 0.25) is 0 Å². The molecule has 0 radical (unpaired) electrons. The van der Waals surface area contributed by atoms with Gasteiger partial charge in [-0.25, -0.2) is 4.79 Å². The minimum atomic E-state index is -0.442. The van der Waals surface area contributed by atoms with Crippen LogP contribution in [0.3, 0.4) is 0 Å². The Kier molecular flexibility index (Phi) is 5.94. The van der Waals surface area contributed by atoms with Gasteiger partial charge in [-0.1, -0.05) is 23.2 Å². The Hall–Kier alpha value is -2.22. The van der Waals surface area contributed by atoms with Crippen molar-refractivity contribution in [3.8, 4) is 17.0 Å². The molecular weight excluding hydrogens is 455 g/mol. The number of hydrogen-bond acceptors (Lipinski definition) is 3. The van der Waals surface area contributed by atoms with Crippen molar-refractivity contribution in [3.05, 3.63) is 57.1 Å². The SMILES string of the molecule is COc1cc(NC(=O)Nc2ccc(Cl)cc2Cl)cc(-c2c(Br)cnn2C)c1. The van der Waals surface area contributed by atoms with Gasteiger partial charge >= 0.3 is 6.03 Å². The van der Waals surface area contributed by atoms with E-state index in [2.05, 4.69) is 31.7 Å². The van der Waals surface area contributed by atoms with Gasteiger partial charge in [-0.3, -0.25) is 4.68 Å². The molecule has 0 aliphatic heterocycles. The summed E-state index contributed by atoms with van der Waals surface area (Å²) < 4.78 is 7.92. The van der Waals surface area contributed by atoms with Crippen LogP contribution in [0.25, 0.3) is 11.3 Å². The molecule has 0 saturated carbocycles. The number of hydrogen-bond donors (Lipinski definition) is 2. The van der Waals surface area contributed by atoms with E-state index in [0.717, 1.165) is 15.7 Å². The van der Waals surface area contributed by atoms with E-state index >= 15 is 0 Å². The second-order valence-electron chi connectivity index (χ2n) is 5.62. The Balaban J connectivity index is 1.86. The lowest BCUT2D eigenvalue weighted by atomic mass is 10.1. The number of amides is 2. The van der Waals surface area contributed by atoms with Crippen molar-refractivity contribution in [3.63, 3.8) is 0 Å². The molecule has 0 aliphatic carbocycles. The zero-order chi connectivity index (χ0) is 19.6. The molecule has 1 heterocycles. The third-order valence-electron chi connectivity index (χ3n) is 3.75. The van der Waals surface area contributed by atoms with Crippen LogP contribution < -0.4 is 15.4 Å². The zero-order valence-electron chi connectivity index (χ0n) is 14.4. The van der Waals surface area contributed by atoms with Gasteiger partial charge in [0.25, 0.3) is 0 Å². The lowest BCUT2D eigenvalue weighted by Gasteiger charge is -2.13. The molecule has 9 heteroatoms. The van der Waals surface area contributed by atoms with Crippen LogP contribution in [0, 0.1) is 0 Å². The van der Waals surface area contributed by atoms with E-state index in [9.17, 15) is 4.79 Å². The van der Waals surface area contributed by atoms with E-state index in [1.807, 2.05) is 19.2 Å². The van der Waals surface area contributed by atoms with E-state index in [1.165, 1.54) is 0 Å². The number of nitrogens with zero attached hydrogens (tertiary/aromatic N) is 2. The smallest absolute Gasteiger partial charge is 0.323 e. The maximum Gasteiger partial charge on any atom is 0.323 e. The molecule has 0 aliphatic rings. The fourth-order valence-electron chi connectivity index (χ4n) is 2.54. The molecule has 2 N–H and O–H groups in total. The molecule has 27 heavy (non-hydrogen) atoms. The van der Waals surface area contributed by atoms with Crippen LogP contribution in [0.15, 0.2) is 47.1 Å². The molecule has 2 amide bonds. The lowest BCUT2D eigenvalue weighted by Crippen LogP contribution is -2.19. The molecule has 0 atom stereocenters. The van der Waals surface area contributed by atoms with Crippen LogP contribution in [-0.2, 0) is 7.05 Å². The molecular formula is C18H15BrCl2N4O2. The quantitative estimate of drug-likeness (QED) is 0.506. The summed E-state index contributed by atoms with van der Waals surface area (Å²) in [6.07, 6.45) is 1.71. The molecule has 140 valence electrons. The van der Waals surface area contributed by atoms with Crippen molar-refractivity contribution in [2.24, 2.45) is 7.05 Å². The highest BCUT2D eigenvalue weighted by molar-refractivity contribution is 9.10. The van der Waals surface area contributed by atoms with Crippen LogP contribution in [0.4, 0.5) is 16.2 Å². The van der Waals surface area contributed by atoms with E-state index < -0.39 is 6.03 Å². The molecule has 0 saturated heterocycles. The van der Waals surface area contributed by atoms with Gasteiger partial charge in [0.15, 0.2) is 0 Å². The van der Waals surface area contributed by atoms with Gasteiger partial charge in [-0.15, -0.1) is 0 Å². The maximum atomic E-state index is 12.4. The fraction of sp³-hybridized carbons (Fsp3) is 0.111. The second-order valence-corrected chi connectivity index (χ2v) is 7.32. The average molecular weight is 470 g/mol. The zero-order valence-corrected chi connectivity index (χ0v) is 17.5. The van der Waals surface area contributed by atoms with Crippen LogP contribution in [0.5, 0.6) is 5.75 Å². The van der Waals surface area contributed by atoms with Gasteiger partial charge in [-0.05, 0) is 46.3 Å². The number of carbonyl (C=O) groups excluding carboxylic acids is 1. The lowest BCUT2D eigenvalue weighted by molar-refractivity contribution is 0.262. The van der Waals surface area contributed by atoms with E-state index in [-0.39, 0.29) is 0 Å². The summed E-state index contributed by atoms with van der Waals surface area (Å²) in [4.78, 5) is 12.4. The number of benzene rings is 2. The number of urea groups is 1. The van der Waals surface area contributed by atoms with Crippen LogP contribution in [-0.4, -0.2) is 22.9 Å². The standard InChI is InChI=1S/C18H15BrCl2N4O2/c1-25-17(14(19)9-22-25)10-5-12(8-13(6-10)27-2)23-18(26)24-16-4-3-11(20)7-15(16)21/h3-9H,1-2H3,(H2,23,24,26). The summed E-state index contributed by atoms with van der Waals surface area (Å²) in [6.45, 7) is 0. The molecule has 6 nitrogen and oxygen atoms in total. The number of ether oxygens (including phenoxy) is 1. The molecule has 0 fully saturated rings. The Morgan fingerprint density at radius 2 is 1.96 bits per heavy atom. The molecule has 0 bridgehead atoms. The second kappa shape index (κ2) is 8.21. The number of carbonyl (C=O) groups is 1. The van der Waals surface area contributed by atoms with Crippen molar-refractivity contribution in [2.45, 2.75) is 0 Å². The number of rotatable bonds is 4. The molecule has 0 spiro atoms. The van der Waals surface area contributed by atoms with Crippen molar-refractivity contribution in [1.82, 2.24) is 9.78 Å². The highest BCUT2D eigenvalue weighted by Crippen LogP contribution is 2.33. The number of halogens is 3. The third-order valence-corrected chi connectivity index (χ3v) is 4.88. The average Bonchev–Trinajstić information content (AvgIpc) is 2.95. The Morgan fingerprint density at radius 1 is 1.19 bits per heavy atom. The molecule has 0 unspecified atom stereocenters. The third kappa shape index (κ3) is 4.55. The Labute approximate surface area is 174 Å². The van der Waals surface area contributed by atoms with Gasteiger partial charge in [0.1, 0.15) is 5.75 Å². The van der Waals surface area contributed by atoms with Gasteiger partial charge in [0.05, 0.1) is 34.2 Å². The summed E-state index contributed by atoms with van der Waals surface area (Å²) in [7, 11) is 3.40. The number of aromatic nitrogens is 2.